The maximum absolute atomic E-state index is 5.57. The molecule has 14 aromatic rings. The summed E-state index contributed by atoms with van der Waals surface area (Å²) in [5, 5.41) is 9.75. The Morgan fingerprint density at radius 2 is 0.609 bits per heavy atom. The van der Waals surface area contributed by atoms with E-state index in [0.29, 0.717) is 0 Å². The highest BCUT2D eigenvalue weighted by molar-refractivity contribution is 6.25. The van der Waals surface area contributed by atoms with Crippen molar-refractivity contribution in [1.29, 1.82) is 0 Å². The van der Waals surface area contributed by atoms with Gasteiger partial charge < -0.3 is 13.7 Å². The molecule has 5 heteroatoms. The molecule has 0 radical (unpaired) electrons. The summed E-state index contributed by atoms with van der Waals surface area (Å²) in [5.74, 6) is 0.873. The molecule has 0 aliphatic heterocycles. The van der Waals surface area contributed by atoms with Gasteiger partial charge in [-0.25, -0.2) is 4.98 Å². The third-order valence-corrected chi connectivity index (χ3v) is 13.3. The number of hydrogen-bond donors (Lipinski definition) is 0. The number of hydrogen-bond acceptors (Lipinski definition) is 1. The van der Waals surface area contributed by atoms with E-state index in [0.717, 1.165) is 50.7 Å². The van der Waals surface area contributed by atoms with Gasteiger partial charge in [0.25, 0.3) is 0 Å². The lowest BCUT2D eigenvalue weighted by atomic mass is 10.1. The molecule has 298 valence electrons. The Morgan fingerprint density at radius 3 is 1.08 bits per heavy atom. The second-order valence-corrected chi connectivity index (χ2v) is 16.7. The Morgan fingerprint density at radius 1 is 0.250 bits per heavy atom. The van der Waals surface area contributed by atoms with Crippen molar-refractivity contribution >= 4 is 87.2 Å². The van der Waals surface area contributed by atoms with Gasteiger partial charge in [-0.3, -0.25) is 4.57 Å². The van der Waals surface area contributed by atoms with E-state index >= 15 is 0 Å². The zero-order valence-electron chi connectivity index (χ0n) is 34.6. The van der Waals surface area contributed by atoms with Gasteiger partial charge in [0, 0.05) is 65.7 Å². The normalized spacial score (nSPS) is 12.1. The van der Waals surface area contributed by atoms with E-state index in [2.05, 4.69) is 243 Å². The summed E-state index contributed by atoms with van der Waals surface area (Å²) in [7, 11) is 0. The fraction of sp³-hybridized carbons (Fsp3) is 0. The van der Waals surface area contributed by atoms with Crippen molar-refractivity contribution in [2.75, 3.05) is 0 Å². The third-order valence-electron chi connectivity index (χ3n) is 13.3. The predicted molar refractivity (Wildman–Crippen MR) is 267 cm³/mol. The van der Waals surface area contributed by atoms with Crippen LogP contribution in [0.5, 0.6) is 0 Å². The van der Waals surface area contributed by atoms with Crippen molar-refractivity contribution < 1.29 is 0 Å². The third kappa shape index (κ3) is 4.86. The van der Waals surface area contributed by atoms with Gasteiger partial charge in [0.15, 0.2) is 0 Å². The molecule has 5 aromatic heterocycles. The van der Waals surface area contributed by atoms with Crippen molar-refractivity contribution in [2.24, 2.45) is 0 Å². The van der Waals surface area contributed by atoms with E-state index in [1.54, 1.807) is 0 Å². The fourth-order valence-electron chi connectivity index (χ4n) is 10.7. The molecule has 0 amide bonds. The van der Waals surface area contributed by atoms with E-state index in [1.807, 2.05) is 0 Å². The zero-order chi connectivity index (χ0) is 41.9. The summed E-state index contributed by atoms with van der Waals surface area (Å²) in [4.78, 5) is 5.57. The van der Waals surface area contributed by atoms with Gasteiger partial charge in [0.1, 0.15) is 5.82 Å². The van der Waals surface area contributed by atoms with E-state index in [-0.39, 0.29) is 0 Å². The van der Waals surface area contributed by atoms with Gasteiger partial charge in [0.05, 0.1) is 49.8 Å². The summed E-state index contributed by atoms with van der Waals surface area (Å²) in [5.41, 5.74) is 14.6. The van der Waals surface area contributed by atoms with Crippen LogP contribution < -0.4 is 0 Å². The minimum Gasteiger partial charge on any atom is -0.307 e. The van der Waals surface area contributed by atoms with Gasteiger partial charge in [-0.15, -0.1) is 0 Å². The number of aromatic nitrogens is 5. The molecule has 0 N–H and O–H groups in total. The quantitative estimate of drug-likeness (QED) is 0.170. The second kappa shape index (κ2) is 13.4. The molecule has 0 saturated heterocycles. The Balaban J connectivity index is 1.02. The van der Waals surface area contributed by atoms with Crippen molar-refractivity contribution in [2.45, 2.75) is 0 Å². The Bertz CT molecular complexity index is 3910. The molecule has 0 spiro atoms. The number of rotatable bonds is 5. The number of fused-ring (bicyclic) bond motifs is 14. The topological polar surface area (TPSA) is 32.6 Å². The van der Waals surface area contributed by atoms with Crippen LogP contribution in [0.2, 0.25) is 0 Å². The minimum absolute atomic E-state index is 0.873. The first-order chi connectivity index (χ1) is 31.8. The van der Waals surface area contributed by atoms with Crippen LogP contribution in [0.1, 0.15) is 0 Å². The first-order valence-corrected chi connectivity index (χ1v) is 21.9. The maximum Gasteiger partial charge on any atom is 0.138 e. The minimum atomic E-state index is 0.873. The molecule has 0 unspecified atom stereocenters. The highest BCUT2D eigenvalue weighted by Crippen LogP contribution is 2.44. The van der Waals surface area contributed by atoms with Crippen LogP contribution >= 0.6 is 0 Å². The van der Waals surface area contributed by atoms with E-state index in [1.165, 1.54) is 70.7 Å². The summed E-state index contributed by atoms with van der Waals surface area (Å²) in [6.07, 6.45) is 0. The fourth-order valence-corrected chi connectivity index (χ4v) is 10.7. The first-order valence-electron chi connectivity index (χ1n) is 21.9. The van der Waals surface area contributed by atoms with Gasteiger partial charge in [-0.2, -0.15) is 0 Å². The van der Waals surface area contributed by atoms with Crippen molar-refractivity contribution in [3.63, 3.8) is 0 Å². The summed E-state index contributed by atoms with van der Waals surface area (Å²) in [6.45, 7) is 0. The standard InChI is InChI=1S/C59H37N5/c1-3-18-39(19-4-1)61-51-28-11-7-23-42(51)46-33-34-47-44-25-9-13-30-53(44)63(57(47)56(46)61)41-22-15-17-38(37-41)50-27-16-32-55(60-50)64-54-31-14-10-26-45(54)49-36-35-48-43-24-8-12-29-52(43)62(58(48)59(49)64)40-20-5-2-6-21-40/h1-37H. The van der Waals surface area contributed by atoms with Crippen LogP contribution in [-0.2, 0) is 0 Å². The smallest absolute Gasteiger partial charge is 0.138 e. The van der Waals surface area contributed by atoms with Crippen LogP contribution in [0, 0.1) is 0 Å². The summed E-state index contributed by atoms with van der Waals surface area (Å²) < 4.78 is 9.71. The molecular weight excluding hydrogens is 779 g/mol. The van der Waals surface area contributed by atoms with E-state index in [9.17, 15) is 0 Å². The first kappa shape index (κ1) is 35.0. The van der Waals surface area contributed by atoms with Gasteiger partial charge in [0.2, 0.25) is 0 Å². The Kier molecular flexibility index (Phi) is 7.33. The molecule has 0 fully saturated rings. The number of pyridine rings is 1. The highest BCUT2D eigenvalue weighted by atomic mass is 15.1. The van der Waals surface area contributed by atoms with Gasteiger partial charge in [-0.1, -0.05) is 152 Å². The van der Waals surface area contributed by atoms with Crippen LogP contribution in [0.3, 0.4) is 0 Å². The monoisotopic (exact) mass is 815 g/mol. The lowest BCUT2D eigenvalue weighted by Gasteiger charge is -2.14. The number of benzene rings is 9. The SMILES string of the molecule is c1ccc(-n2c3ccccc3c3ccc4c5ccccc5n(-c5cccc(-c6cccc(-n7c8ccccc8c8ccc9c%10ccccc%10n(-c%10ccccc%10)c9c87)n6)c5)c4c32)cc1. The van der Waals surface area contributed by atoms with Crippen LogP contribution in [0.4, 0.5) is 0 Å². The molecule has 9 aromatic carbocycles. The Labute approximate surface area is 367 Å². The lowest BCUT2D eigenvalue weighted by Crippen LogP contribution is -2.01. The zero-order valence-corrected chi connectivity index (χ0v) is 34.6. The summed E-state index contributed by atoms with van der Waals surface area (Å²) in [6, 6.07) is 81.1. The van der Waals surface area contributed by atoms with Crippen LogP contribution in [0.15, 0.2) is 224 Å². The number of nitrogens with zero attached hydrogens (tertiary/aromatic N) is 5. The molecule has 14 rings (SSSR count). The molecular formula is C59H37N5. The average Bonchev–Trinajstić information content (AvgIpc) is 4.10. The lowest BCUT2D eigenvalue weighted by molar-refractivity contribution is 1.08. The summed E-state index contributed by atoms with van der Waals surface area (Å²) >= 11 is 0. The molecule has 0 saturated carbocycles. The maximum atomic E-state index is 5.57. The van der Waals surface area contributed by atoms with Crippen molar-refractivity contribution in [1.82, 2.24) is 23.3 Å². The van der Waals surface area contributed by atoms with Crippen LogP contribution in [-0.4, -0.2) is 23.3 Å². The van der Waals surface area contributed by atoms with E-state index < -0.39 is 0 Å². The molecule has 0 atom stereocenters. The molecule has 5 heterocycles. The molecule has 0 aliphatic rings. The highest BCUT2D eigenvalue weighted by Gasteiger charge is 2.23. The van der Waals surface area contributed by atoms with Crippen molar-refractivity contribution in [3.8, 4) is 34.1 Å². The molecule has 5 nitrogen and oxygen atoms in total. The Hall–Kier alpha value is -8.67. The van der Waals surface area contributed by atoms with Crippen LogP contribution in [0.25, 0.3) is 121 Å². The van der Waals surface area contributed by atoms with Crippen molar-refractivity contribution in [3.05, 3.63) is 224 Å². The van der Waals surface area contributed by atoms with E-state index in [4.69, 9.17) is 4.98 Å². The predicted octanol–water partition coefficient (Wildman–Crippen LogP) is 15.1. The molecule has 0 bridgehead atoms. The average molecular weight is 816 g/mol. The van der Waals surface area contributed by atoms with Gasteiger partial charge >= 0.3 is 0 Å². The van der Waals surface area contributed by atoms with Gasteiger partial charge in [-0.05, 0) is 72.8 Å². The number of para-hydroxylation sites is 6. The molecule has 0 aliphatic carbocycles. The largest absolute Gasteiger partial charge is 0.307 e. The second-order valence-electron chi connectivity index (χ2n) is 16.7. The molecule has 64 heavy (non-hydrogen) atoms.